The second-order valence-corrected chi connectivity index (χ2v) is 8.65. The predicted octanol–water partition coefficient (Wildman–Crippen LogP) is 7.12. The van der Waals surface area contributed by atoms with Crippen LogP contribution in [0.2, 0.25) is 0 Å². The van der Waals surface area contributed by atoms with E-state index in [4.69, 9.17) is 4.74 Å². The third-order valence-corrected chi connectivity index (χ3v) is 5.87. The highest BCUT2D eigenvalue weighted by Gasteiger charge is 2.38. The van der Waals surface area contributed by atoms with Crippen molar-refractivity contribution in [3.63, 3.8) is 0 Å². The second kappa shape index (κ2) is 10.1. The van der Waals surface area contributed by atoms with E-state index in [2.05, 4.69) is 5.32 Å². The molecule has 192 valence electrons. The number of alkyl halides is 6. The lowest BCUT2D eigenvalue weighted by Gasteiger charge is -2.24. The van der Waals surface area contributed by atoms with Crippen molar-refractivity contribution in [2.75, 3.05) is 6.54 Å². The zero-order valence-corrected chi connectivity index (χ0v) is 18.7. The summed E-state index contributed by atoms with van der Waals surface area (Å²) in [4.78, 5) is 0. The van der Waals surface area contributed by atoms with Crippen LogP contribution in [0.4, 0.5) is 30.7 Å². The van der Waals surface area contributed by atoms with Gasteiger partial charge >= 0.3 is 12.4 Å². The van der Waals surface area contributed by atoms with Crippen molar-refractivity contribution in [1.29, 1.82) is 0 Å². The van der Waals surface area contributed by atoms with Gasteiger partial charge in [-0.3, -0.25) is 0 Å². The molecule has 0 heterocycles. The number of halogens is 7. The summed E-state index contributed by atoms with van der Waals surface area (Å²) in [6, 6.07) is 14.0. The van der Waals surface area contributed by atoms with E-state index in [1.807, 2.05) is 18.2 Å². The van der Waals surface area contributed by atoms with E-state index in [0.717, 1.165) is 24.5 Å². The smallest absolute Gasteiger partial charge is 0.416 e. The molecule has 0 amide bonds. The van der Waals surface area contributed by atoms with E-state index < -0.39 is 42.4 Å². The molecule has 1 aliphatic carbocycles. The molecule has 10 heteroatoms. The van der Waals surface area contributed by atoms with Gasteiger partial charge in [0.15, 0.2) is 6.10 Å². The highest BCUT2D eigenvalue weighted by molar-refractivity contribution is 5.41. The summed E-state index contributed by atoms with van der Waals surface area (Å²) >= 11 is 0. The molecular formula is C26H22F7NO2. The molecule has 1 saturated carbocycles. The second-order valence-electron chi connectivity index (χ2n) is 8.65. The first kappa shape index (κ1) is 26.0. The van der Waals surface area contributed by atoms with Crippen LogP contribution in [-0.2, 0) is 6.18 Å². The van der Waals surface area contributed by atoms with E-state index >= 15 is 0 Å². The van der Waals surface area contributed by atoms with Gasteiger partial charge < -0.3 is 15.2 Å². The molecule has 0 spiro atoms. The van der Waals surface area contributed by atoms with E-state index in [1.54, 1.807) is 12.1 Å². The van der Waals surface area contributed by atoms with Crippen LogP contribution in [0.3, 0.4) is 0 Å². The average Bonchev–Trinajstić information content (AvgIpc) is 3.65. The topological polar surface area (TPSA) is 41.5 Å². The van der Waals surface area contributed by atoms with Crippen molar-refractivity contribution >= 4 is 0 Å². The maximum atomic E-state index is 14.8. The first-order chi connectivity index (χ1) is 16.9. The molecule has 1 fully saturated rings. The van der Waals surface area contributed by atoms with Crippen molar-refractivity contribution in [3.8, 4) is 11.5 Å². The highest BCUT2D eigenvalue weighted by Crippen LogP contribution is 2.41. The molecule has 0 aliphatic heterocycles. The average molecular weight is 513 g/mol. The molecule has 2 atom stereocenters. The van der Waals surface area contributed by atoms with Gasteiger partial charge in [-0.05, 0) is 66.3 Å². The van der Waals surface area contributed by atoms with E-state index in [0.29, 0.717) is 23.5 Å². The number of ether oxygens (including phenoxy) is 1. The standard InChI is InChI=1S/C26H22F7NO2/c27-22-13-18(25(28,29)30)9-10-21(22)24(34-14-23(35)26(31,32)33)17-4-2-6-20(12-17)36-19-5-1-3-16(11-19)15-7-8-15/h1-6,9-13,15,23-24,34-35H,7-8,14H2/t23-,24-/m1/s1. The van der Waals surface area contributed by atoms with Gasteiger partial charge in [-0.25, -0.2) is 4.39 Å². The Morgan fingerprint density at radius 1 is 0.889 bits per heavy atom. The number of benzene rings is 3. The van der Waals surface area contributed by atoms with Crippen molar-refractivity contribution in [3.05, 3.63) is 94.8 Å². The minimum Gasteiger partial charge on any atom is -0.457 e. The van der Waals surface area contributed by atoms with Crippen LogP contribution >= 0.6 is 0 Å². The lowest BCUT2D eigenvalue weighted by molar-refractivity contribution is -0.202. The third kappa shape index (κ3) is 6.36. The molecule has 3 aromatic rings. The molecule has 36 heavy (non-hydrogen) atoms. The molecule has 0 unspecified atom stereocenters. The molecule has 3 aromatic carbocycles. The summed E-state index contributed by atoms with van der Waals surface area (Å²) in [6.07, 6.45) is -10.3. The number of rotatable bonds is 8. The Hall–Kier alpha value is -3.11. The Kier molecular flexibility index (Phi) is 7.28. The first-order valence-corrected chi connectivity index (χ1v) is 11.1. The van der Waals surface area contributed by atoms with E-state index in [1.165, 1.54) is 18.2 Å². The lowest BCUT2D eigenvalue weighted by Crippen LogP contribution is -2.40. The van der Waals surface area contributed by atoms with Gasteiger partial charge in [0.1, 0.15) is 17.3 Å². The van der Waals surface area contributed by atoms with Gasteiger partial charge in [-0.1, -0.05) is 30.3 Å². The largest absolute Gasteiger partial charge is 0.457 e. The predicted molar refractivity (Wildman–Crippen MR) is 118 cm³/mol. The minimum absolute atomic E-state index is 0.235. The van der Waals surface area contributed by atoms with E-state index in [-0.39, 0.29) is 17.2 Å². The number of nitrogens with one attached hydrogen (secondary N) is 1. The van der Waals surface area contributed by atoms with Gasteiger partial charge in [0.2, 0.25) is 0 Å². The summed E-state index contributed by atoms with van der Waals surface area (Å²) in [5.74, 6) is 0.0636. The molecule has 2 N–H and O–H groups in total. The normalized spacial score (nSPS) is 16.0. The fourth-order valence-electron chi connectivity index (χ4n) is 3.83. The fourth-order valence-corrected chi connectivity index (χ4v) is 3.83. The quantitative estimate of drug-likeness (QED) is 0.315. The molecule has 0 radical (unpaired) electrons. The van der Waals surface area contributed by atoms with Gasteiger partial charge in [0, 0.05) is 12.1 Å². The summed E-state index contributed by atoms with van der Waals surface area (Å²) in [7, 11) is 0. The van der Waals surface area contributed by atoms with Crippen LogP contribution in [0.25, 0.3) is 0 Å². The highest BCUT2D eigenvalue weighted by atomic mass is 19.4. The van der Waals surface area contributed by atoms with Crippen molar-refractivity contribution in [2.45, 2.75) is 43.3 Å². The maximum absolute atomic E-state index is 14.8. The van der Waals surface area contributed by atoms with Crippen molar-refractivity contribution < 1.29 is 40.6 Å². The molecule has 1 aliphatic rings. The SMILES string of the molecule is O[C@H](CN[C@H](c1cccc(Oc2cccc(C3CC3)c2)c1)c1ccc(C(F)(F)F)cc1F)C(F)(F)F. The Morgan fingerprint density at radius 3 is 2.17 bits per heavy atom. The van der Waals surface area contributed by atoms with Gasteiger partial charge in [0.25, 0.3) is 0 Å². The Bertz CT molecular complexity index is 1210. The molecule has 0 saturated heterocycles. The number of aliphatic hydroxyl groups excluding tert-OH is 1. The van der Waals surface area contributed by atoms with Crippen LogP contribution in [0.5, 0.6) is 11.5 Å². The molecule has 0 aromatic heterocycles. The molecule has 3 nitrogen and oxygen atoms in total. The van der Waals surface area contributed by atoms with Crippen molar-refractivity contribution in [1.82, 2.24) is 5.32 Å². The first-order valence-electron chi connectivity index (χ1n) is 11.1. The number of hydrogen-bond acceptors (Lipinski definition) is 3. The monoisotopic (exact) mass is 513 g/mol. The van der Waals surface area contributed by atoms with Crippen LogP contribution in [-0.4, -0.2) is 23.9 Å². The Morgan fingerprint density at radius 2 is 1.56 bits per heavy atom. The number of hydrogen-bond donors (Lipinski definition) is 2. The molecular weight excluding hydrogens is 491 g/mol. The number of aliphatic hydroxyl groups is 1. The van der Waals surface area contributed by atoms with Crippen LogP contribution in [0.15, 0.2) is 66.7 Å². The van der Waals surface area contributed by atoms with Crippen LogP contribution in [0.1, 0.15) is 47.1 Å². The lowest BCUT2D eigenvalue weighted by atomic mass is 9.96. The molecule has 0 bridgehead atoms. The molecule has 4 rings (SSSR count). The zero-order valence-electron chi connectivity index (χ0n) is 18.7. The maximum Gasteiger partial charge on any atom is 0.416 e. The van der Waals surface area contributed by atoms with Gasteiger partial charge in [-0.15, -0.1) is 0 Å². The van der Waals surface area contributed by atoms with Crippen molar-refractivity contribution in [2.24, 2.45) is 0 Å². The summed E-state index contributed by atoms with van der Waals surface area (Å²) in [5.41, 5.74) is -0.189. The van der Waals surface area contributed by atoms with E-state index in [9.17, 15) is 35.8 Å². The van der Waals surface area contributed by atoms with Crippen LogP contribution in [0, 0.1) is 5.82 Å². The van der Waals surface area contributed by atoms with Gasteiger partial charge in [0.05, 0.1) is 11.6 Å². The third-order valence-electron chi connectivity index (χ3n) is 5.87. The fraction of sp³-hybridized carbons (Fsp3) is 0.308. The van der Waals surface area contributed by atoms with Crippen LogP contribution < -0.4 is 10.1 Å². The van der Waals surface area contributed by atoms with Gasteiger partial charge in [-0.2, -0.15) is 26.3 Å². The minimum atomic E-state index is -4.94. The summed E-state index contributed by atoms with van der Waals surface area (Å²) < 4.78 is 98.2. The summed E-state index contributed by atoms with van der Waals surface area (Å²) in [6.45, 7) is -1.01. The Labute approximate surface area is 202 Å². The summed E-state index contributed by atoms with van der Waals surface area (Å²) in [5, 5.41) is 11.9. The zero-order chi connectivity index (χ0) is 26.1. The Balaban J connectivity index is 1.64.